The molecule has 6 heteroatoms. The number of imidazole rings is 1. The minimum absolute atomic E-state index is 0.113. The third-order valence-electron chi connectivity index (χ3n) is 7.09. The Bertz CT molecular complexity index is 1160. The van der Waals surface area contributed by atoms with Crippen molar-refractivity contribution < 1.29 is 4.39 Å². The summed E-state index contributed by atoms with van der Waals surface area (Å²) in [5.41, 5.74) is 6.70. The molecular weight excluding hydrogens is 389 g/mol. The summed E-state index contributed by atoms with van der Waals surface area (Å²) < 4.78 is 19.0. The van der Waals surface area contributed by atoms with Crippen LogP contribution in [0.25, 0.3) is 16.7 Å². The molecule has 0 N–H and O–H groups in total. The molecule has 0 spiro atoms. The number of nitrogens with zero attached hydrogens (tertiary/aromatic N) is 5. The SMILES string of the molecule is Cn1cc(-c2ccc(N3CCC([C@H]4C5=C(C=CCC5F)c5cncn54)CC3)cc2)cn1. The number of hydrogen-bond acceptors (Lipinski definition) is 3. The zero-order chi connectivity index (χ0) is 20.9. The molecule has 2 aliphatic heterocycles. The predicted octanol–water partition coefficient (Wildman–Crippen LogP) is 4.81. The van der Waals surface area contributed by atoms with Crippen LogP contribution in [0.1, 0.15) is 31.0 Å². The van der Waals surface area contributed by atoms with E-state index >= 15 is 0 Å². The molecule has 1 unspecified atom stereocenters. The van der Waals surface area contributed by atoms with Gasteiger partial charge >= 0.3 is 0 Å². The first kappa shape index (κ1) is 18.6. The van der Waals surface area contributed by atoms with Gasteiger partial charge in [-0.2, -0.15) is 5.10 Å². The lowest BCUT2D eigenvalue weighted by Gasteiger charge is -2.38. The number of hydrogen-bond donors (Lipinski definition) is 0. The van der Waals surface area contributed by atoms with Crippen LogP contribution in [-0.4, -0.2) is 38.6 Å². The fraction of sp³-hybridized carbons (Fsp3) is 0.360. The van der Waals surface area contributed by atoms with Crippen molar-refractivity contribution in [3.63, 3.8) is 0 Å². The molecule has 31 heavy (non-hydrogen) atoms. The number of aromatic nitrogens is 4. The number of alkyl halides is 1. The summed E-state index contributed by atoms with van der Waals surface area (Å²) in [6.45, 7) is 1.99. The van der Waals surface area contributed by atoms with Gasteiger partial charge in [0.25, 0.3) is 0 Å². The summed E-state index contributed by atoms with van der Waals surface area (Å²) in [5.74, 6) is 0.441. The van der Waals surface area contributed by atoms with E-state index in [1.165, 1.54) is 11.3 Å². The Kier molecular flexibility index (Phi) is 4.33. The third-order valence-corrected chi connectivity index (χ3v) is 7.09. The van der Waals surface area contributed by atoms with Crippen LogP contribution >= 0.6 is 0 Å². The highest BCUT2D eigenvalue weighted by Crippen LogP contribution is 2.48. The molecule has 1 fully saturated rings. The van der Waals surface area contributed by atoms with E-state index < -0.39 is 6.17 Å². The van der Waals surface area contributed by atoms with Gasteiger partial charge in [-0.1, -0.05) is 24.3 Å². The first-order valence-corrected chi connectivity index (χ1v) is 11.1. The van der Waals surface area contributed by atoms with Gasteiger partial charge in [0.15, 0.2) is 0 Å². The summed E-state index contributed by atoms with van der Waals surface area (Å²) in [4.78, 5) is 6.81. The second-order valence-corrected chi connectivity index (χ2v) is 8.88. The summed E-state index contributed by atoms with van der Waals surface area (Å²) >= 11 is 0. The summed E-state index contributed by atoms with van der Waals surface area (Å²) in [5, 5.41) is 4.26. The van der Waals surface area contributed by atoms with Crippen LogP contribution in [-0.2, 0) is 7.05 Å². The van der Waals surface area contributed by atoms with Crippen LogP contribution in [0.5, 0.6) is 0 Å². The van der Waals surface area contributed by atoms with Gasteiger partial charge in [-0.05, 0) is 42.0 Å². The van der Waals surface area contributed by atoms with E-state index in [0.29, 0.717) is 12.3 Å². The predicted molar refractivity (Wildman–Crippen MR) is 120 cm³/mol. The zero-order valence-corrected chi connectivity index (χ0v) is 17.7. The minimum Gasteiger partial charge on any atom is -0.372 e. The van der Waals surface area contributed by atoms with Crippen LogP contribution in [0.4, 0.5) is 10.1 Å². The van der Waals surface area contributed by atoms with E-state index in [1.54, 1.807) is 0 Å². The average Bonchev–Trinajstić information content (AvgIpc) is 3.51. The average molecular weight is 416 g/mol. The number of aryl methyl sites for hydroxylation is 1. The fourth-order valence-corrected chi connectivity index (χ4v) is 5.55. The Balaban J connectivity index is 1.19. The Labute approximate surface area is 181 Å². The summed E-state index contributed by atoms with van der Waals surface area (Å²) in [6, 6.07) is 8.87. The summed E-state index contributed by atoms with van der Waals surface area (Å²) in [7, 11) is 1.94. The first-order valence-electron chi connectivity index (χ1n) is 11.1. The van der Waals surface area contributed by atoms with Crippen molar-refractivity contribution in [2.24, 2.45) is 13.0 Å². The molecule has 1 aliphatic carbocycles. The maximum absolute atomic E-state index is 14.9. The van der Waals surface area contributed by atoms with Crippen molar-refractivity contribution in [2.45, 2.75) is 31.5 Å². The molecule has 0 radical (unpaired) electrons. The van der Waals surface area contributed by atoms with E-state index in [1.807, 2.05) is 42.7 Å². The molecule has 0 bridgehead atoms. The molecule has 2 atom stereocenters. The molecule has 1 saturated heterocycles. The highest BCUT2D eigenvalue weighted by molar-refractivity contribution is 5.80. The Morgan fingerprint density at radius 1 is 1.03 bits per heavy atom. The number of halogens is 1. The molecule has 2 aromatic heterocycles. The smallest absolute Gasteiger partial charge is 0.128 e. The highest BCUT2D eigenvalue weighted by atomic mass is 19.1. The van der Waals surface area contributed by atoms with Crippen LogP contribution in [0, 0.1) is 5.92 Å². The Morgan fingerprint density at radius 3 is 2.58 bits per heavy atom. The van der Waals surface area contributed by atoms with Crippen molar-refractivity contribution in [1.29, 1.82) is 0 Å². The van der Waals surface area contributed by atoms with Crippen molar-refractivity contribution in [3.05, 3.63) is 72.6 Å². The second kappa shape index (κ2) is 7.22. The molecule has 0 saturated carbocycles. The normalized spacial score (nSPS) is 23.4. The minimum atomic E-state index is -0.872. The maximum Gasteiger partial charge on any atom is 0.128 e. The molecule has 1 aromatic carbocycles. The van der Waals surface area contributed by atoms with E-state index in [2.05, 4.69) is 49.9 Å². The zero-order valence-electron chi connectivity index (χ0n) is 17.7. The van der Waals surface area contributed by atoms with Crippen LogP contribution < -0.4 is 4.90 Å². The van der Waals surface area contributed by atoms with Gasteiger partial charge < -0.3 is 9.47 Å². The number of rotatable bonds is 3. The van der Waals surface area contributed by atoms with Crippen LogP contribution in [0.2, 0.25) is 0 Å². The molecule has 3 aliphatic rings. The fourth-order valence-electron chi connectivity index (χ4n) is 5.55. The van der Waals surface area contributed by atoms with Gasteiger partial charge in [0.05, 0.1) is 30.5 Å². The topological polar surface area (TPSA) is 38.9 Å². The molecular formula is C25H26FN5. The second-order valence-electron chi connectivity index (χ2n) is 8.88. The van der Waals surface area contributed by atoms with Gasteiger partial charge in [0.1, 0.15) is 6.17 Å². The quantitative estimate of drug-likeness (QED) is 0.616. The molecule has 158 valence electrons. The van der Waals surface area contributed by atoms with Crippen molar-refractivity contribution >= 4 is 11.3 Å². The van der Waals surface area contributed by atoms with E-state index in [-0.39, 0.29) is 6.04 Å². The lowest BCUT2D eigenvalue weighted by atomic mass is 9.81. The number of allylic oxidation sites excluding steroid dienone is 4. The molecule has 0 amide bonds. The third kappa shape index (κ3) is 3.04. The molecule has 3 aromatic rings. The number of anilines is 1. The Morgan fingerprint density at radius 2 is 1.84 bits per heavy atom. The lowest BCUT2D eigenvalue weighted by molar-refractivity contribution is 0.272. The van der Waals surface area contributed by atoms with Gasteiger partial charge in [-0.25, -0.2) is 9.37 Å². The largest absolute Gasteiger partial charge is 0.372 e. The maximum atomic E-state index is 14.9. The van der Waals surface area contributed by atoms with Crippen LogP contribution in [0.3, 0.4) is 0 Å². The number of fused-ring (bicyclic) bond motifs is 2. The van der Waals surface area contributed by atoms with E-state index in [9.17, 15) is 4.39 Å². The molecule has 4 heterocycles. The standard InChI is InChI=1S/C25H26FN5/c1-29-15-19(13-28-29)17-5-7-20(8-6-17)30-11-9-18(10-12-30)25-24-21(3-2-4-22(24)26)23-14-27-16-31(23)25/h2-3,5-8,13-16,18,22,25H,4,9-12H2,1H3/t22?,25-/m0/s1. The monoisotopic (exact) mass is 415 g/mol. The Hall–Kier alpha value is -3.15. The molecule has 6 rings (SSSR count). The van der Waals surface area contributed by atoms with E-state index in [4.69, 9.17) is 0 Å². The number of piperidine rings is 1. The van der Waals surface area contributed by atoms with Crippen molar-refractivity contribution in [2.75, 3.05) is 18.0 Å². The number of benzene rings is 1. The lowest BCUT2D eigenvalue weighted by Crippen LogP contribution is -2.37. The highest BCUT2D eigenvalue weighted by Gasteiger charge is 2.41. The first-order chi connectivity index (χ1) is 15.2. The summed E-state index contributed by atoms with van der Waals surface area (Å²) in [6.07, 6.45) is 13.5. The van der Waals surface area contributed by atoms with Gasteiger partial charge in [-0.3, -0.25) is 4.68 Å². The van der Waals surface area contributed by atoms with Crippen molar-refractivity contribution in [3.8, 4) is 11.1 Å². The van der Waals surface area contributed by atoms with Gasteiger partial charge in [-0.15, -0.1) is 0 Å². The van der Waals surface area contributed by atoms with Crippen LogP contribution in [0.15, 0.2) is 66.9 Å². The van der Waals surface area contributed by atoms with Gasteiger partial charge in [0, 0.05) is 49.6 Å². The van der Waals surface area contributed by atoms with Gasteiger partial charge in [0.2, 0.25) is 0 Å². The molecule has 5 nitrogen and oxygen atoms in total. The van der Waals surface area contributed by atoms with Crippen molar-refractivity contribution in [1.82, 2.24) is 19.3 Å². The van der Waals surface area contributed by atoms with E-state index in [0.717, 1.165) is 48.3 Å².